The van der Waals surface area contributed by atoms with Crippen LogP contribution in [0, 0.1) is 13.0 Å². The molecule has 0 amide bonds. The molecule has 2 aromatic rings. The molecule has 0 atom stereocenters. The smallest absolute Gasteiger partial charge is 1.00 e. The molecule has 0 radical (unpaired) electrons. The molecule has 0 fully saturated rings. The maximum absolute atomic E-state index is 2.99. The predicted molar refractivity (Wildman–Crippen MR) is 75.2 cm³/mol. The molecule has 0 unspecified atom stereocenters. The Morgan fingerprint density at radius 3 is 2.45 bits per heavy atom. The van der Waals surface area contributed by atoms with E-state index in [2.05, 4.69) is 56.3 Å². The first-order valence-electron chi connectivity index (χ1n) is 6.18. The Morgan fingerprint density at radius 2 is 1.95 bits per heavy atom. The van der Waals surface area contributed by atoms with Gasteiger partial charge in [0.1, 0.15) is 0 Å². The van der Waals surface area contributed by atoms with Gasteiger partial charge < -0.3 is 24.8 Å². The number of allylic oxidation sites excluding steroid dienone is 4. The minimum absolute atomic E-state index is 0. The van der Waals surface area contributed by atoms with Gasteiger partial charge in [0, 0.05) is 0 Å². The van der Waals surface area contributed by atoms with Crippen molar-refractivity contribution in [2.45, 2.75) is 26.7 Å². The molecular formula is C17H18Cl2Zr. The van der Waals surface area contributed by atoms with Crippen molar-refractivity contribution in [1.29, 1.82) is 0 Å². The Morgan fingerprint density at radius 1 is 1.20 bits per heavy atom. The van der Waals surface area contributed by atoms with Crippen molar-refractivity contribution >= 4 is 10.8 Å². The van der Waals surface area contributed by atoms with E-state index in [1.807, 2.05) is 12.2 Å². The SMILES string of the molecule is CC[c-]1ccc2cc(C)ccc21.[C-]1=CC=CC1.[Cl-].[Cl-].[Zr+4]. The van der Waals surface area contributed by atoms with Gasteiger partial charge in [0.15, 0.2) is 0 Å². The maximum atomic E-state index is 2.99. The second kappa shape index (κ2) is 11.4. The zero-order chi connectivity index (χ0) is 12.1. The summed E-state index contributed by atoms with van der Waals surface area (Å²) in [6.45, 7) is 4.34. The van der Waals surface area contributed by atoms with E-state index in [1.54, 1.807) is 0 Å². The zero-order valence-corrected chi connectivity index (χ0v) is 15.8. The monoisotopic (exact) mass is 382 g/mol. The molecule has 104 valence electrons. The van der Waals surface area contributed by atoms with Crippen LogP contribution in [0.2, 0.25) is 0 Å². The fraction of sp³-hybridized carbons (Fsp3) is 0.235. The third-order valence-corrected chi connectivity index (χ3v) is 2.98. The third kappa shape index (κ3) is 6.04. The van der Waals surface area contributed by atoms with E-state index in [4.69, 9.17) is 0 Å². The molecule has 0 spiro atoms. The summed E-state index contributed by atoms with van der Waals surface area (Å²) in [5.74, 6) is 0. The van der Waals surface area contributed by atoms with Crippen molar-refractivity contribution in [3.8, 4) is 0 Å². The van der Waals surface area contributed by atoms with E-state index in [0.717, 1.165) is 12.8 Å². The van der Waals surface area contributed by atoms with Gasteiger partial charge in [-0.25, -0.2) is 12.2 Å². The number of hydrogen-bond acceptors (Lipinski definition) is 0. The van der Waals surface area contributed by atoms with Crippen LogP contribution in [0.3, 0.4) is 0 Å². The fourth-order valence-electron chi connectivity index (χ4n) is 2.04. The van der Waals surface area contributed by atoms with E-state index in [1.165, 1.54) is 21.9 Å². The molecule has 1 aliphatic rings. The van der Waals surface area contributed by atoms with Crippen LogP contribution in [0.1, 0.15) is 24.5 Å². The molecule has 3 rings (SSSR count). The van der Waals surface area contributed by atoms with Crippen molar-refractivity contribution < 1.29 is 51.0 Å². The van der Waals surface area contributed by atoms with Crippen LogP contribution in [0.25, 0.3) is 10.8 Å². The molecule has 0 aliphatic heterocycles. The summed E-state index contributed by atoms with van der Waals surface area (Å²) in [7, 11) is 0. The van der Waals surface area contributed by atoms with Crippen molar-refractivity contribution in [2.24, 2.45) is 0 Å². The Bertz CT molecular complexity index is 543. The molecule has 0 bridgehead atoms. The van der Waals surface area contributed by atoms with E-state index < -0.39 is 0 Å². The first kappa shape index (κ1) is 22.1. The van der Waals surface area contributed by atoms with E-state index in [0.29, 0.717) is 0 Å². The number of fused-ring (bicyclic) bond motifs is 1. The standard InChI is InChI=1S/C12H13.C5H5.2ClH.Zr/c1-3-10-5-6-11-8-9(2)4-7-12(10)11;1-2-4-5-3-1;;;/h4-8H,3H2,1-2H3;1-3H,4H2;2*1H;/q2*-1;;;+4/p-2. The average Bonchev–Trinajstić information content (AvgIpc) is 3.01. The molecule has 1 aliphatic carbocycles. The van der Waals surface area contributed by atoms with Gasteiger partial charge >= 0.3 is 26.2 Å². The molecule has 0 aromatic heterocycles. The predicted octanol–water partition coefficient (Wildman–Crippen LogP) is -1.26. The molecule has 0 saturated carbocycles. The van der Waals surface area contributed by atoms with Crippen LogP contribution in [-0.2, 0) is 32.6 Å². The Labute approximate surface area is 153 Å². The van der Waals surface area contributed by atoms with Crippen molar-refractivity contribution in [1.82, 2.24) is 0 Å². The van der Waals surface area contributed by atoms with Gasteiger partial charge in [0.25, 0.3) is 0 Å². The Balaban J connectivity index is 0. The van der Waals surface area contributed by atoms with Crippen LogP contribution in [0.15, 0.2) is 48.6 Å². The summed E-state index contributed by atoms with van der Waals surface area (Å²) in [5, 5.41) is 2.80. The summed E-state index contributed by atoms with van der Waals surface area (Å²) in [4.78, 5) is 0. The van der Waals surface area contributed by atoms with Crippen LogP contribution in [0.4, 0.5) is 0 Å². The zero-order valence-electron chi connectivity index (χ0n) is 11.8. The van der Waals surface area contributed by atoms with Crippen LogP contribution in [-0.4, -0.2) is 0 Å². The molecule has 0 saturated heterocycles. The van der Waals surface area contributed by atoms with Gasteiger partial charge in [-0.05, 0) is 6.92 Å². The molecule has 0 N–H and O–H groups in total. The van der Waals surface area contributed by atoms with Gasteiger partial charge in [-0.3, -0.25) is 6.08 Å². The number of halogens is 2. The number of rotatable bonds is 1. The maximum Gasteiger partial charge on any atom is 4.00 e. The normalized spacial score (nSPS) is 10.9. The third-order valence-electron chi connectivity index (χ3n) is 2.98. The van der Waals surface area contributed by atoms with Crippen LogP contribution < -0.4 is 24.8 Å². The number of hydrogen-bond donors (Lipinski definition) is 0. The number of benzene rings is 1. The molecule has 2 aromatic carbocycles. The second-order valence-electron chi connectivity index (χ2n) is 4.31. The van der Waals surface area contributed by atoms with Gasteiger partial charge in [0.2, 0.25) is 0 Å². The fourth-order valence-corrected chi connectivity index (χ4v) is 2.04. The first-order chi connectivity index (χ1) is 8.31. The van der Waals surface area contributed by atoms with Crippen LogP contribution >= 0.6 is 0 Å². The Hall–Kier alpha value is -0.227. The quantitative estimate of drug-likeness (QED) is 0.539. The largest absolute Gasteiger partial charge is 4.00 e. The van der Waals surface area contributed by atoms with Crippen molar-refractivity contribution in [3.63, 3.8) is 0 Å². The van der Waals surface area contributed by atoms with Gasteiger partial charge in [0.05, 0.1) is 0 Å². The summed E-state index contributed by atoms with van der Waals surface area (Å²) >= 11 is 0. The van der Waals surface area contributed by atoms with Gasteiger partial charge in [-0.15, -0.1) is 47.0 Å². The summed E-state index contributed by atoms with van der Waals surface area (Å²) in [5.41, 5.74) is 2.81. The second-order valence-corrected chi connectivity index (χ2v) is 4.31. The average molecular weight is 384 g/mol. The topological polar surface area (TPSA) is 0 Å². The van der Waals surface area contributed by atoms with E-state index >= 15 is 0 Å². The molecular weight excluding hydrogens is 366 g/mol. The number of aryl methyl sites for hydroxylation is 2. The molecule has 3 heteroatoms. The first-order valence-corrected chi connectivity index (χ1v) is 6.18. The summed E-state index contributed by atoms with van der Waals surface area (Å²) < 4.78 is 0. The van der Waals surface area contributed by atoms with E-state index in [9.17, 15) is 0 Å². The minimum Gasteiger partial charge on any atom is -1.00 e. The van der Waals surface area contributed by atoms with Gasteiger partial charge in [-0.1, -0.05) is 18.9 Å². The van der Waals surface area contributed by atoms with Gasteiger partial charge in [-0.2, -0.15) is 12.1 Å². The van der Waals surface area contributed by atoms with Crippen LogP contribution in [0.5, 0.6) is 0 Å². The molecule has 0 nitrogen and oxygen atoms in total. The molecule has 20 heavy (non-hydrogen) atoms. The summed E-state index contributed by atoms with van der Waals surface area (Å²) in [6.07, 6.45) is 11.1. The van der Waals surface area contributed by atoms with Crippen molar-refractivity contribution in [3.05, 3.63) is 65.8 Å². The van der Waals surface area contributed by atoms with Crippen molar-refractivity contribution in [2.75, 3.05) is 0 Å². The Kier molecular flexibility index (Phi) is 12.6. The summed E-state index contributed by atoms with van der Waals surface area (Å²) in [6, 6.07) is 11.1. The molecule has 0 heterocycles. The minimum atomic E-state index is 0. The van der Waals surface area contributed by atoms with E-state index in [-0.39, 0.29) is 51.0 Å².